The number of amides is 1. The molecule has 0 spiro atoms. The molecule has 9 heteroatoms. The fourth-order valence-electron chi connectivity index (χ4n) is 2.74. The zero-order valence-electron chi connectivity index (χ0n) is 12.8. The van der Waals surface area contributed by atoms with E-state index in [9.17, 15) is 31.1 Å². The number of rotatable bonds is 3. The number of halogens is 6. The molecule has 0 bridgehead atoms. The number of benzene rings is 2. The summed E-state index contributed by atoms with van der Waals surface area (Å²) in [5.74, 6) is -11.2. The minimum Gasteiger partial charge on any atom is -0.320 e. The molecule has 2 aromatic rings. The maximum absolute atomic E-state index is 13.9. The van der Waals surface area contributed by atoms with Gasteiger partial charge in [-0.1, -0.05) is 6.07 Å². The molecular weight excluding hydrogens is 362 g/mol. The third kappa shape index (κ3) is 2.49. The molecule has 1 N–H and O–H groups in total. The lowest BCUT2D eigenvalue weighted by atomic mass is 9.93. The van der Waals surface area contributed by atoms with Gasteiger partial charge >= 0.3 is 0 Å². The third-order valence-electron chi connectivity index (χ3n) is 4.24. The zero-order valence-corrected chi connectivity index (χ0v) is 12.8. The molecular formula is C17H8F6N2O. The molecule has 26 heavy (non-hydrogen) atoms. The fraction of sp³-hybridized carbons (Fsp3) is 0.176. The molecule has 0 radical (unpaired) electrons. The number of carbonyl (C=O) groups is 1. The number of nitrogens with zero attached hydrogens (tertiary/aromatic N) is 1. The van der Waals surface area contributed by atoms with E-state index in [-0.39, 0.29) is 12.8 Å². The lowest BCUT2D eigenvalue weighted by molar-refractivity contribution is -0.118. The second-order valence-corrected chi connectivity index (χ2v) is 5.75. The Hall–Kier alpha value is -3.02. The minimum absolute atomic E-state index is 0.0266. The van der Waals surface area contributed by atoms with E-state index in [4.69, 9.17) is 5.26 Å². The molecule has 1 saturated carbocycles. The molecule has 1 aliphatic carbocycles. The topological polar surface area (TPSA) is 52.9 Å². The average Bonchev–Trinajstić information content (AvgIpc) is 3.39. The van der Waals surface area contributed by atoms with Crippen molar-refractivity contribution in [3.63, 3.8) is 0 Å². The quantitative estimate of drug-likeness (QED) is 0.654. The molecule has 0 saturated heterocycles. The van der Waals surface area contributed by atoms with Crippen LogP contribution in [0.3, 0.4) is 0 Å². The highest BCUT2D eigenvalue weighted by molar-refractivity contribution is 6.01. The van der Waals surface area contributed by atoms with Crippen molar-refractivity contribution in [1.29, 1.82) is 5.26 Å². The molecule has 0 aliphatic heterocycles. The summed E-state index contributed by atoms with van der Waals surface area (Å²) in [6.07, 6.45) is -0.0532. The standard InChI is InChI=1S/C17H8F6N2O/c18-8-2-1-3-9(19)10(8)17(4-5-17)16(26)25-15-13(22)11(20)7(6-24)12(21)14(15)23/h1-3H,4-5H2,(H,25,26). The zero-order chi connectivity index (χ0) is 19.2. The van der Waals surface area contributed by atoms with Crippen molar-refractivity contribution in [2.75, 3.05) is 5.32 Å². The summed E-state index contributed by atoms with van der Waals surface area (Å²) >= 11 is 0. The number of nitriles is 1. The first kappa shape index (κ1) is 17.8. The van der Waals surface area contributed by atoms with Crippen molar-refractivity contribution < 1.29 is 31.1 Å². The lowest BCUT2D eigenvalue weighted by Gasteiger charge is -2.18. The predicted octanol–water partition coefficient (Wildman–Crippen LogP) is 4.06. The van der Waals surface area contributed by atoms with E-state index in [0.717, 1.165) is 24.3 Å². The van der Waals surface area contributed by atoms with Gasteiger partial charge in [0.05, 0.1) is 5.41 Å². The van der Waals surface area contributed by atoms with Gasteiger partial charge in [-0.3, -0.25) is 4.79 Å². The van der Waals surface area contributed by atoms with Crippen molar-refractivity contribution in [2.45, 2.75) is 18.3 Å². The molecule has 1 fully saturated rings. The van der Waals surface area contributed by atoms with Gasteiger partial charge < -0.3 is 5.32 Å². The smallest absolute Gasteiger partial charge is 0.235 e. The second kappa shape index (κ2) is 6.05. The molecule has 134 valence electrons. The highest BCUT2D eigenvalue weighted by Gasteiger charge is 2.54. The van der Waals surface area contributed by atoms with Gasteiger partial charge in [-0.2, -0.15) is 5.26 Å². The summed E-state index contributed by atoms with van der Waals surface area (Å²) < 4.78 is 83.0. The summed E-state index contributed by atoms with van der Waals surface area (Å²) in [7, 11) is 0. The molecule has 0 aromatic heterocycles. The Balaban J connectivity index is 2.04. The van der Waals surface area contributed by atoms with Gasteiger partial charge in [0.15, 0.2) is 23.3 Å². The van der Waals surface area contributed by atoms with Crippen LogP contribution >= 0.6 is 0 Å². The average molecular weight is 370 g/mol. The van der Waals surface area contributed by atoms with E-state index in [2.05, 4.69) is 0 Å². The number of hydrogen-bond acceptors (Lipinski definition) is 2. The molecule has 2 aromatic carbocycles. The Kier molecular flexibility index (Phi) is 4.14. The Morgan fingerprint density at radius 2 is 1.46 bits per heavy atom. The van der Waals surface area contributed by atoms with Crippen molar-refractivity contribution >= 4 is 11.6 Å². The van der Waals surface area contributed by atoms with E-state index < -0.39 is 63.0 Å². The van der Waals surface area contributed by atoms with Crippen molar-refractivity contribution in [3.8, 4) is 6.07 Å². The summed E-state index contributed by atoms with van der Waals surface area (Å²) in [4.78, 5) is 12.4. The van der Waals surface area contributed by atoms with Crippen LogP contribution in [0.15, 0.2) is 18.2 Å². The number of nitrogens with one attached hydrogen (secondary N) is 1. The van der Waals surface area contributed by atoms with E-state index in [1.54, 1.807) is 5.32 Å². The predicted molar refractivity (Wildman–Crippen MR) is 76.9 cm³/mol. The lowest BCUT2D eigenvalue weighted by Crippen LogP contribution is -2.31. The van der Waals surface area contributed by atoms with Crippen molar-refractivity contribution in [2.24, 2.45) is 0 Å². The first-order valence-electron chi connectivity index (χ1n) is 7.26. The minimum atomic E-state index is -1.99. The van der Waals surface area contributed by atoms with Crippen LogP contribution in [0, 0.1) is 46.2 Å². The summed E-state index contributed by atoms with van der Waals surface area (Å²) in [6, 6.07) is 3.86. The van der Waals surface area contributed by atoms with Crippen LogP contribution in [-0.2, 0) is 10.2 Å². The van der Waals surface area contributed by atoms with Crippen LogP contribution < -0.4 is 5.32 Å². The van der Waals surface area contributed by atoms with Gasteiger partial charge in [-0.05, 0) is 25.0 Å². The summed E-state index contributed by atoms with van der Waals surface area (Å²) in [5, 5.41) is 10.2. The Bertz CT molecular complexity index is 929. The molecule has 1 amide bonds. The number of hydrogen-bond donors (Lipinski definition) is 1. The third-order valence-corrected chi connectivity index (χ3v) is 4.24. The first-order chi connectivity index (χ1) is 12.2. The van der Waals surface area contributed by atoms with E-state index >= 15 is 0 Å². The van der Waals surface area contributed by atoms with Gasteiger partial charge in [-0.25, -0.2) is 26.3 Å². The van der Waals surface area contributed by atoms with Gasteiger partial charge in [0.1, 0.15) is 29.0 Å². The monoisotopic (exact) mass is 370 g/mol. The van der Waals surface area contributed by atoms with Gasteiger partial charge in [0, 0.05) is 5.56 Å². The normalized spacial score (nSPS) is 14.7. The highest BCUT2D eigenvalue weighted by atomic mass is 19.2. The van der Waals surface area contributed by atoms with Crippen LogP contribution in [0.1, 0.15) is 24.0 Å². The molecule has 3 rings (SSSR count). The maximum Gasteiger partial charge on any atom is 0.235 e. The highest BCUT2D eigenvalue weighted by Crippen LogP contribution is 2.51. The SMILES string of the molecule is N#Cc1c(F)c(F)c(NC(=O)C2(c3c(F)cccc3F)CC2)c(F)c1F. The fourth-order valence-corrected chi connectivity index (χ4v) is 2.74. The van der Waals surface area contributed by atoms with Gasteiger partial charge in [0.25, 0.3) is 0 Å². The Labute approximate surface area is 142 Å². The molecule has 0 atom stereocenters. The van der Waals surface area contributed by atoms with Crippen LogP contribution in [0.25, 0.3) is 0 Å². The van der Waals surface area contributed by atoms with Crippen molar-refractivity contribution in [1.82, 2.24) is 0 Å². The molecule has 0 heterocycles. The molecule has 0 unspecified atom stereocenters. The van der Waals surface area contributed by atoms with Crippen molar-refractivity contribution in [3.05, 3.63) is 64.2 Å². The van der Waals surface area contributed by atoms with Crippen LogP contribution in [-0.4, -0.2) is 5.91 Å². The summed E-state index contributed by atoms with van der Waals surface area (Å²) in [5.41, 5.74) is -5.28. The van der Waals surface area contributed by atoms with Crippen LogP contribution in [0.4, 0.5) is 32.0 Å². The second-order valence-electron chi connectivity index (χ2n) is 5.75. The first-order valence-corrected chi connectivity index (χ1v) is 7.26. The largest absolute Gasteiger partial charge is 0.320 e. The Morgan fingerprint density at radius 3 is 1.88 bits per heavy atom. The summed E-state index contributed by atoms with van der Waals surface area (Å²) in [6.45, 7) is 0. The van der Waals surface area contributed by atoms with E-state index in [1.165, 1.54) is 0 Å². The van der Waals surface area contributed by atoms with Crippen LogP contribution in [0.5, 0.6) is 0 Å². The number of carbonyl (C=O) groups excluding carboxylic acids is 1. The van der Waals surface area contributed by atoms with E-state index in [0.29, 0.717) is 0 Å². The Morgan fingerprint density at radius 1 is 0.962 bits per heavy atom. The van der Waals surface area contributed by atoms with E-state index in [1.807, 2.05) is 0 Å². The molecule has 3 nitrogen and oxygen atoms in total. The van der Waals surface area contributed by atoms with Gasteiger partial charge in [0.2, 0.25) is 5.91 Å². The molecule has 1 aliphatic rings. The number of anilines is 1. The van der Waals surface area contributed by atoms with Crippen LogP contribution in [0.2, 0.25) is 0 Å². The maximum atomic E-state index is 13.9. The van der Waals surface area contributed by atoms with Gasteiger partial charge in [-0.15, -0.1) is 0 Å².